The van der Waals surface area contributed by atoms with Crippen LogP contribution in [0.5, 0.6) is 11.5 Å². The van der Waals surface area contributed by atoms with Crippen LogP contribution in [0.3, 0.4) is 0 Å². The fourth-order valence-corrected chi connectivity index (χ4v) is 3.37. The molecular formula is C18H21N3O5S. The highest BCUT2D eigenvalue weighted by molar-refractivity contribution is 7.89. The first-order valence-corrected chi connectivity index (χ1v) is 9.42. The predicted octanol–water partition coefficient (Wildman–Crippen LogP) is 1.49. The largest absolute Gasteiger partial charge is 0.493 e. The third-order valence-corrected chi connectivity index (χ3v) is 4.94. The van der Waals surface area contributed by atoms with Crippen molar-refractivity contribution < 1.29 is 22.7 Å². The van der Waals surface area contributed by atoms with E-state index in [9.17, 15) is 13.2 Å². The van der Waals surface area contributed by atoms with Crippen LogP contribution in [-0.4, -0.2) is 34.3 Å². The molecule has 9 heteroatoms. The number of nitrogens with one attached hydrogen (secondary N) is 1. The number of aryl methyl sites for hydroxylation is 2. The highest BCUT2D eigenvalue weighted by atomic mass is 32.2. The lowest BCUT2D eigenvalue weighted by atomic mass is 10.2. The molecule has 0 bridgehead atoms. The Balaban J connectivity index is 2.18. The van der Waals surface area contributed by atoms with Crippen LogP contribution in [0.1, 0.15) is 16.7 Å². The number of hydrazone groups is 1. The third-order valence-electron chi connectivity index (χ3n) is 3.58. The highest BCUT2D eigenvalue weighted by Crippen LogP contribution is 2.27. The first-order valence-electron chi connectivity index (χ1n) is 7.94. The monoisotopic (exact) mass is 391 g/mol. The standard InChI is InChI=1S/C18H21N3O5S/c1-12-4-5-13(2)17(8-12)27(23,24)21-20-10-14-6-7-15(25-3)16(9-14)26-11-18(19)22/h4-10,21H,11H2,1-3H3,(H2,19,22)/b20-10-. The first kappa shape index (κ1) is 20.2. The van der Waals surface area contributed by atoms with Gasteiger partial charge >= 0.3 is 0 Å². The van der Waals surface area contributed by atoms with Crippen LogP contribution in [0.4, 0.5) is 0 Å². The Morgan fingerprint density at radius 3 is 2.59 bits per heavy atom. The smallest absolute Gasteiger partial charge is 0.276 e. The number of methoxy groups -OCH3 is 1. The number of ether oxygens (including phenoxy) is 2. The van der Waals surface area contributed by atoms with Crippen LogP contribution in [-0.2, 0) is 14.8 Å². The van der Waals surface area contributed by atoms with Gasteiger partial charge in [0.2, 0.25) is 0 Å². The van der Waals surface area contributed by atoms with E-state index in [-0.39, 0.29) is 17.3 Å². The molecule has 8 nitrogen and oxygen atoms in total. The van der Waals surface area contributed by atoms with Gasteiger partial charge in [-0.3, -0.25) is 4.79 Å². The second-order valence-corrected chi connectivity index (χ2v) is 7.42. The molecule has 0 saturated carbocycles. The van der Waals surface area contributed by atoms with Gasteiger partial charge in [-0.05, 0) is 54.8 Å². The number of benzene rings is 2. The van der Waals surface area contributed by atoms with Crippen molar-refractivity contribution in [3.63, 3.8) is 0 Å². The Bertz CT molecular complexity index is 971. The molecule has 27 heavy (non-hydrogen) atoms. The van der Waals surface area contributed by atoms with E-state index in [0.717, 1.165) is 5.56 Å². The summed E-state index contributed by atoms with van der Waals surface area (Å²) < 4.78 is 35.3. The van der Waals surface area contributed by atoms with Crippen LogP contribution < -0.4 is 20.0 Å². The molecule has 2 aromatic carbocycles. The van der Waals surface area contributed by atoms with Crippen molar-refractivity contribution in [2.75, 3.05) is 13.7 Å². The molecule has 0 radical (unpaired) electrons. The lowest BCUT2D eigenvalue weighted by Gasteiger charge is -2.10. The van der Waals surface area contributed by atoms with Gasteiger partial charge in [-0.2, -0.15) is 13.5 Å². The lowest BCUT2D eigenvalue weighted by molar-refractivity contribution is -0.119. The Morgan fingerprint density at radius 1 is 1.19 bits per heavy atom. The maximum atomic E-state index is 12.4. The zero-order valence-corrected chi connectivity index (χ0v) is 16.0. The molecule has 2 aromatic rings. The maximum Gasteiger partial charge on any atom is 0.276 e. The second-order valence-electron chi connectivity index (χ2n) is 5.79. The molecule has 0 fully saturated rings. The van der Waals surface area contributed by atoms with Crippen molar-refractivity contribution in [3.8, 4) is 11.5 Å². The summed E-state index contributed by atoms with van der Waals surface area (Å²) in [5.74, 6) is 0.0689. The predicted molar refractivity (Wildman–Crippen MR) is 102 cm³/mol. The average Bonchev–Trinajstić information content (AvgIpc) is 2.61. The van der Waals surface area contributed by atoms with Crippen molar-refractivity contribution >= 4 is 22.1 Å². The molecule has 0 heterocycles. The van der Waals surface area contributed by atoms with E-state index < -0.39 is 15.9 Å². The third kappa shape index (κ3) is 5.45. The average molecular weight is 391 g/mol. The molecule has 0 aliphatic heterocycles. The minimum atomic E-state index is -3.79. The summed E-state index contributed by atoms with van der Waals surface area (Å²) >= 11 is 0. The quantitative estimate of drug-likeness (QED) is 0.522. The van der Waals surface area contributed by atoms with Gasteiger partial charge in [-0.25, -0.2) is 4.83 Å². The Kier molecular flexibility index (Phi) is 6.40. The van der Waals surface area contributed by atoms with Crippen molar-refractivity contribution in [2.24, 2.45) is 10.8 Å². The summed E-state index contributed by atoms with van der Waals surface area (Å²) in [6, 6.07) is 9.97. The summed E-state index contributed by atoms with van der Waals surface area (Å²) in [6.45, 7) is 3.21. The molecule has 3 N–H and O–H groups in total. The zero-order chi connectivity index (χ0) is 20.0. The Hall–Kier alpha value is -3.07. The molecule has 0 saturated heterocycles. The van der Waals surface area contributed by atoms with Gasteiger partial charge in [0.1, 0.15) is 0 Å². The number of hydrogen-bond donors (Lipinski definition) is 2. The van der Waals surface area contributed by atoms with Crippen LogP contribution in [0, 0.1) is 13.8 Å². The lowest BCUT2D eigenvalue weighted by Crippen LogP contribution is -2.20. The van der Waals surface area contributed by atoms with Gasteiger partial charge in [0.05, 0.1) is 18.2 Å². The van der Waals surface area contributed by atoms with Crippen molar-refractivity contribution in [1.29, 1.82) is 0 Å². The number of primary amides is 1. The van der Waals surface area contributed by atoms with Crippen molar-refractivity contribution in [3.05, 3.63) is 53.1 Å². The number of sulfonamides is 1. The van der Waals surface area contributed by atoms with E-state index in [1.165, 1.54) is 13.3 Å². The molecule has 0 aliphatic carbocycles. The second kappa shape index (κ2) is 8.54. The summed E-state index contributed by atoms with van der Waals surface area (Å²) in [6.07, 6.45) is 1.32. The normalized spacial score (nSPS) is 11.4. The van der Waals surface area contributed by atoms with E-state index in [2.05, 4.69) is 9.93 Å². The summed E-state index contributed by atoms with van der Waals surface area (Å²) in [5, 5.41) is 3.80. The summed E-state index contributed by atoms with van der Waals surface area (Å²) in [5.41, 5.74) is 7.06. The van der Waals surface area contributed by atoms with E-state index in [0.29, 0.717) is 16.9 Å². The number of nitrogens with two attached hydrogens (primary N) is 1. The van der Waals surface area contributed by atoms with E-state index in [4.69, 9.17) is 15.2 Å². The summed E-state index contributed by atoms with van der Waals surface area (Å²) in [4.78, 5) is 13.2. The molecule has 0 atom stereocenters. The number of amides is 1. The van der Waals surface area contributed by atoms with Crippen LogP contribution in [0.25, 0.3) is 0 Å². The minimum absolute atomic E-state index is 0.167. The van der Waals surface area contributed by atoms with Gasteiger partial charge in [0, 0.05) is 0 Å². The van der Waals surface area contributed by atoms with Crippen LogP contribution >= 0.6 is 0 Å². The highest BCUT2D eigenvalue weighted by Gasteiger charge is 2.16. The van der Waals surface area contributed by atoms with Crippen molar-refractivity contribution in [1.82, 2.24) is 4.83 Å². The first-order chi connectivity index (χ1) is 12.7. The molecule has 144 valence electrons. The van der Waals surface area contributed by atoms with Gasteiger partial charge in [0.25, 0.3) is 15.9 Å². The fraction of sp³-hybridized carbons (Fsp3) is 0.222. The summed E-state index contributed by atoms with van der Waals surface area (Å²) in [7, 11) is -2.34. The molecular weight excluding hydrogens is 370 g/mol. The SMILES string of the molecule is COc1ccc(/C=N\NS(=O)(=O)c2cc(C)ccc2C)cc1OCC(N)=O. The number of hydrogen-bond acceptors (Lipinski definition) is 6. The molecule has 0 aromatic heterocycles. The number of carbonyl (C=O) groups is 1. The molecule has 0 aliphatic rings. The maximum absolute atomic E-state index is 12.4. The van der Waals surface area contributed by atoms with Crippen LogP contribution in [0.2, 0.25) is 0 Å². The Morgan fingerprint density at radius 2 is 1.93 bits per heavy atom. The topological polar surface area (TPSA) is 120 Å². The molecule has 2 rings (SSSR count). The van der Waals surface area contributed by atoms with Crippen molar-refractivity contribution in [2.45, 2.75) is 18.7 Å². The fourth-order valence-electron chi connectivity index (χ4n) is 2.25. The van der Waals surface area contributed by atoms with Gasteiger partial charge in [-0.1, -0.05) is 12.1 Å². The minimum Gasteiger partial charge on any atom is -0.493 e. The number of rotatable bonds is 8. The number of carbonyl (C=O) groups excluding carboxylic acids is 1. The van der Waals surface area contributed by atoms with Gasteiger partial charge in [-0.15, -0.1) is 0 Å². The number of nitrogens with zero attached hydrogens (tertiary/aromatic N) is 1. The van der Waals surface area contributed by atoms with E-state index in [1.807, 2.05) is 13.0 Å². The van der Waals surface area contributed by atoms with E-state index in [1.54, 1.807) is 37.3 Å². The van der Waals surface area contributed by atoms with Gasteiger partial charge < -0.3 is 15.2 Å². The molecule has 1 amide bonds. The Labute approximate surface area is 158 Å². The van der Waals surface area contributed by atoms with Crippen LogP contribution in [0.15, 0.2) is 46.4 Å². The zero-order valence-electron chi connectivity index (χ0n) is 15.2. The van der Waals surface area contributed by atoms with E-state index >= 15 is 0 Å². The van der Waals surface area contributed by atoms with Gasteiger partial charge in [0.15, 0.2) is 18.1 Å². The molecule has 0 unspecified atom stereocenters. The molecule has 0 spiro atoms.